The zero-order chi connectivity index (χ0) is 15.6. The number of nitrogens with zero attached hydrogens (tertiary/aromatic N) is 3. The first-order valence-electron chi connectivity index (χ1n) is 5.58. The molecule has 21 heavy (non-hydrogen) atoms. The van der Waals surface area contributed by atoms with Crippen molar-refractivity contribution in [3.63, 3.8) is 0 Å². The van der Waals surface area contributed by atoms with Crippen LogP contribution in [0.5, 0.6) is 0 Å². The maximum Gasteiger partial charge on any atom is 0.416 e. The molecule has 0 bridgehead atoms. The molecule has 1 amide bonds. The van der Waals surface area contributed by atoms with Crippen molar-refractivity contribution >= 4 is 29.0 Å². The Kier molecular flexibility index (Phi) is 4.03. The van der Waals surface area contributed by atoms with E-state index >= 15 is 0 Å². The predicted molar refractivity (Wildman–Crippen MR) is 69.5 cm³/mol. The number of hydrogen-bond acceptors (Lipinski definition) is 4. The van der Waals surface area contributed by atoms with E-state index in [-0.39, 0.29) is 23.1 Å². The molecular weight excluding hydrogens is 311 g/mol. The number of amides is 1. The van der Waals surface area contributed by atoms with Gasteiger partial charge in [0.25, 0.3) is 0 Å². The van der Waals surface area contributed by atoms with Gasteiger partial charge in [0.05, 0.1) is 22.5 Å². The zero-order valence-electron chi connectivity index (χ0n) is 10.4. The lowest BCUT2D eigenvalue weighted by Crippen LogP contribution is -2.21. The molecule has 3 N–H and O–H groups in total. The minimum absolute atomic E-state index is 0.00992. The van der Waals surface area contributed by atoms with E-state index in [0.717, 1.165) is 23.0 Å². The summed E-state index contributed by atoms with van der Waals surface area (Å²) in [6, 6.07) is 2.64. The fraction of sp³-hybridized carbons (Fsp3) is 0.182. The lowest BCUT2D eigenvalue weighted by molar-refractivity contribution is -0.137. The van der Waals surface area contributed by atoms with Crippen molar-refractivity contribution in [1.82, 2.24) is 15.0 Å². The van der Waals surface area contributed by atoms with Crippen LogP contribution in [0.4, 0.5) is 24.7 Å². The molecular formula is C11H9ClF3N5O. The van der Waals surface area contributed by atoms with E-state index in [1.165, 1.54) is 6.20 Å². The highest BCUT2D eigenvalue weighted by molar-refractivity contribution is 6.33. The molecule has 10 heteroatoms. The number of nitrogens with two attached hydrogens (primary N) is 1. The molecule has 0 radical (unpaired) electrons. The Hall–Kier alpha value is -2.29. The van der Waals surface area contributed by atoms with Gasteiger partial charge in [-0.3, -0.25) is 4.79 Å². The summed E-state index contributed by atoms with van der Waals surface area (Å²) in [5, 5.41) is 9.62. The van der Waals surface area contributed by atoms with Crippen molar-refractivity contribution in [2.75, 3.05) is 11.1 Å². The third kappa shape index (κ3) is 3.85. The van der Waals surface area contributed by atoms with E-state index in [1.54, 1.807) is 0 Å². The summed E-state index contributed by atoms with van der Waals surface area (Å²) in [6.45, 7) is -0.302. The molecule has 0 aliphatic heterocycles. The van der Waals surface area contributed by atoms with Crippen LogP contribution in [0.3, 0.4) is 0 Å². The van der Waals surface area contributed by atoms with Crippen LogP contribution in [0.2, 0.25) is 5.02 Å². The Balaban J connectivity index is 2.13. The number of anilines is 2. The Labute approximate surface area is 121 Å². The Morgan fingerprint density at radius 2 is 2.14 bits per heavy atom. The van der Waals surface area contributed by atoms with Crippen LogP contribution in [-0.2, 0) is 17.5 Å². The second-order valence-corrected chi connectivity index (χ2v) is 4.45. The van der Waals surface area contributed by atoms with Gasteiger partial charge in [0, 0.05) is 0 Å². The van der Waals surface area contributed by atoms with E-state index < -0.39 is 17.6 Å². The van der Waals surface area contributed by atoms with Crippen molar-refractivity contribution in [2.45, 2.75) is 12.7 Å². The van der Waals surface area contributed by atoms with Crippen LogP contribution in [0.25, 0.3) is 0 Å². The van der Waals surface area contributed by atoms with Crippen molar-refractivity contribution < 1.29 is 18.0 Å². The maximum atomic E-state index is 12.6. The molecule has 0 spiro atoms. The fourth-order valence-electron chi connectivity index (χ4n) is 1.50. The van der Waals surface area contributed by atoms with Gasteiger partial charge >= 0.3 is 6.18 Å². The molecule has 1 heterocycles. The van der Waals surface area contributed by atoms with E-state index in [4.69, 9.17) is 17.3 Å². The monoisotopic (exact) mass is 319 g/mol. The van der Waals surface area contributed by atoms with Gasteiger partial charge in [-0.2, -0.15) is 23.1 Å². The highest BCUT2D eigenvalue weighted by Crippen LogP contribution is 2.33. The SMILES string of the molecule is Nc1cnn(CC(=O)Nc2cc(C(F)(F)F)ccc2Cl)n1. The maximum absolute atomic E-state index is 12.6. The Morgan fingerprint density at radius 1 is 1.43 bits per heavy atom. The number of halogens is 4. The summed E-state index contributed by atoms with van der Waals surface area (Å²) in [6.07, 6.45) is -3.29. The summed E-state index contributed by atoms with van der Waals surface area (Å²) in [7, 11) is 0. The lowest BCUT2D eigenvalue weighted by Gasteiger charge is -2.11. The lowest BCUT2D eigenvalue weighted by atomic mass is 10.2. The molecule has 1 aromatic heterocycles. The van der Waals surface area contributed by atoms with Gasteiger partial charge in [0.15, 0.2) is 5.82 Å². The smallest absolute Gasteiger partial charge is 0.381 e. The number of hydrogen-bond donors (Lipinski definition) is 2. The molecule has 2 aromatic rings. The number of alkyl halides is 3. The summed E-state index contributed by atoms with van der Waals surface area (Å²) < 4.78 is 37.8. The first kappa shape index (κ1) is 15.1. The second kappa shape index (κ2) is 5.60. The summed E-state index contributed by atoms with van der Waals surface area (Å²) >= 11 is 5.76. The van der Waals surface area contributed by atoms with Crippen LogP contribution < -0.4 is 11.1 Å². The average Bonchev–Trinajstić information content (AvgIpc) is 2.76. The van der Waals surface area contributed by atoms with Gasteiger partial charge < -0.3 is 11.1 Å². The van der Waals surface area contributed by atoms with Gasteiger partial charge in [-0.1, -0.05) is 11.6 Å². The van der Waals surface area contributed by atoms with Crippen LogP contribution in [0.15, 0.2) is 24.4 Å². The number of aromatic nitrogens is 3. The van der Waals surface area contributed by atoms with Crippen LogP contribution in [0, 0.1) is 0 Å². The van der Waals surface area contributed by atoms with E-state index in [2.05, 4.69) is 15.5 Å². The van der Waals surface area contributed by atoms with Gasteiger partial charge in [0.1, 0.15) is 6.54 Å². The third-order valence-electron chi connectivity index (χ3n) is 2.41. The van der Waals surface area contributed by atoms with Gasteiger partial charge in [-0.25, -0.2) is 0 Å². The van der Waals surface area contributed by atoms with E-state index in [9.17, 15) is 18.0 Å². The number of benzene rings is 1. The standard InChI is InChI=1S/C11H9ClF3N5O/c12-7-2-1-6(11(13,14)15)3-8(7)18-10(21)5-20-17-4-9(16)19-20/h1-4H,5H2,(H2,16,19)(H,18,21). The van der Waals surface area contributed by atoms with Crippen LogP contribution >= 0.6 is 11.6 Å². The van der Waals surface area contributed by atoms with Crippen LogP contribution in [0.1, 0.15) is 5.56 Å². The summed E-state index contributed by atoms with van der Waals surface area (Å²) in [5.41, 5.74) is 4.27. The molecule has 112 valence electrons. The van der Waals surface area contributed by atoms with Crippen LogP contribution in [-0.4, -0.2) is 20.9 Å². The first-order chi connectivity index (χ1) is 9.75. The summed E-state index contributed by atoms with van der Waals surface area (Å²) in [4.78, 5) is 12.7. The fourth-order valence-corrected chi connectivity index (χ4v) is 1.67. The first-order valence-corrected chi connectivity index (χ1v) is 5.95. The van der Waals surface area contributed by atoms with Crippen molar-refractivity contribution in [1.29, 1.82) is 0 Å². The normalized spacial score (nSPS) is 11.4. The van der Waals surface area contributed by atoms with Crippen molar-refractivity contribution in [3.8, 4) is 0 Å². The molecule has 6 nitrogen and oxygen atoms in total. The van der Waals surface area contributed by atoms with Gasteiger partial charge in [0.2, 0.25) is 5.91 Å². The highest BCUT2D eigenvalue weighted by atomic mass is 35.5. The Morgan fingerprint density at radius 3 is 2.71 bits per heavy atom. The summed E-state index contributed by atoms with van der Waals surface area (Å²) in [5.74, 6) is -0.508. The highest BCUT2D eigenvalue weighted by Gasteiger charge is 2.31. The van der Waals surface area contributed by atoms with E-state index in [0.29, 0.717) is 0 Å². The second-order valence-electron chi connectivity index (χ2n) is 4.04. The van der Waals surface area contributed by atoms with Crippen molar-refractivity contribution in [3.05, 3.63) is 35.0 Å². The zero-order valence-corrected chi connectivity index (χ0v) is 11.1. The van der Waals surface area contributed by atoms with Crippen molar-refractivity contribution in [2.24, 2.45) is 0 Å². The molecule has 0 saturated carbocycles. The average molecular weight is 320 g/mol. The molecule has 0 atom stereocenters. The Bertz CT molecular complexity index is 670. The molecule has 0 aliphatic rings. The number of rotatable bonds is 3. The molecule has 0 fully saturated rings. The molecule has 0 unspecified atom stereocenters. The van der Waals surface area contributed by atoms with Gasteiger partial charge in [-0.05, 0) is 18.2 Å². The molecule has 0 aliphatic carbocycles. The largest absolute Gasteiger partial charge is 0.416 e. The number of carbonyl (C=O) groups excluding carboxylic acids is 1. The predicted octanol–water partition coefficient (Wildman–Crippen LogP) is 2.17. The topological polar surface area (TPSA) is 85.8 Å². The quantitative estimate of drug-likeness (QED) is 0.908. The molecule has 1 aromatic carbocycles. The third-order valence-corrected chi connectivity index (χ3v) is 2.74. The minimum atomic E-state index is -4.53. The number of carbonyl (C=O) groups is 1. The van der Waals surface area contributed by atoms with Gasteiger partial charge in [-0.15, -0.1) is 5.10 Å². The van der Waals surface area contributed by atoms with E-state index in [1.807, 2.05) is 0 Å². The molecule has 0 saturated heterocycles. The number of nitrogen functional groups attached to an aromatic ring is 1. The molecule has 2 rings (SSSR count). The number of nitrogens with one attached hydrogen (secondary N) is 1. The minimum Gasteiger partial charge on any atom is -0.381 e.